The van der Waals surface area contributed by atoms with Gasteiger partial charge in [0.05, 0.1) is 5.69 Å². The first-order chi connectivity index (χ1) is 6.24. The van der Waals surface area contributed by atoms with Gasteiger partial charge in [0.1, 0.15) is 5.82 Å². The molecule has 0 bridgehead atoms. The van der Waals surface area contributed by atoms with Gasteiger partial charge in [-0.1, -0.05) is 19.1 Å². The Kier molecular flexibility index (Phi) is 3.71. The Morgan fingerprint density at radius 2 is 2.15 bits per heavy atom. The van der Waals surface area contributed by atoms with E-state index in [0.29, 0.717) is 12.2 Å². The molecule has 72 valence electrons. The molecule has 3 heteroatoms. The molecular weight excluding hydrogens is 169 g/mol. The first-order valence-electron chi connectivity index (χ1n) is 4.33. The van der Waals surface area contributed by atoms with Crippen LogP contribution in [-0.2, 0) is 0 Å². The van der Waals surface area contributed by atoms with Crippen LogP contribution in [0.5, 0.6) is 0 Å². The lowest BCUT2D eigenvalue weighted by Gasteiger charge is -2.10. The van der Waals surface area contributed by atoms with Crippen LogP contribution in [0.1, 0.15) is 6.92 Å². The summed E-state index contributed by atoms with van der Waals surface area (Å²) in [7, 11) is 0. The zero-order chi connectivity index (χ0) is 9.68. The molecule has 1 aromatic rings. The number of hydrogen-bond acceptors (Lipinski definition) is 2. The molecule has 0 aliphatic rings. The number of nitrogens with one attached hydrogen (secondary N) is 1. The Morgan fingerprint density at radius 1 is 1.46 bits per heavy atom. The van der Waals surface area contributed by atoms with E-state index in [9.17, 15) is 4.39 Å². The van der Waals surface area contributed by atoms with Gasteiger partial charge in [-0.3, -0.25) is 0 Å². The van der Waals surface area contributed by atoms with Crippen LogP contribution in [0.3, 0.4) is 0 Å². The molecule has 13 heavy (non-hydrogen) atoms. The normalized spacial score (nSPS) is 12.5. The van der Waals surface area contributed by atoms with Gasteiger partial charge in [-0.25, -0.2) is 4.39 Å². The van der Waals surface area contributed by atoms with Crippen LogP contribution < -0.4 is 5.32 Å². The van der Waals surface area contributed by atoms with Crippen molar-refractivity contribution in [2.45, 2.75) is 6.92 Å². The Morgan fingerprint density at radius 3 is 2.77 bits per heavy atom. The standard InChI is InChI=1S/C10H14FNO/c1-8(7-13)6-12-10-5-3-2-4-9(10)11/h2-5,8,12-13H,6-7H2,1H3. The number of para-hydroxylation sites is 1. The smallest absolute Gasteiger partial charge is 0.146 e. The molecule has 0 saturated carbocycles. The molecular formula is C10H14FNO. The summed E-state index contributed by atoms with van der Waals surface area (Å²) in [4.78, 5) is 0. The molecule has 0 spiro atoms. The molecule has 2 N–H and O–H groups in total. The van der Waals surface area contributed by atoms with Crippen molar-refractivity contribution in [1.82, 2.24) is 0 Å². The summed E-state index contributed by atoms with van der Waals surface area (Å²) in [6.07, 6.45) is 0. The SMILES string of the molecule is CC(CO)CNc1ccccc1F. The van der Waals surface area contributed by atoms with Crippen molar-refractivity contribution in [3.05, 3.63) is 30.1 Å². The zero-order valence-corrected chi connectivity index (χ0v) is 7.63. The molecule has 1 aromatic carbocycles. The van der Waals surface area contributed by atoms with Gasteiger partial charge < -0.3 is 10.4 Å². The fourth-order valence-electron chi connectivity index (χ4n) is 0.953. The Bertz CT molecular complexity index is 265. The number of aliphatic hydroxyl groups excluding tert-OH is 1. The van der Waals surface area contributed by atoms with Gasteiger partial charge in [-0.2, -0.15) is 0 Å². The second-order valence-electron chi connectivity index (χ2n) is 3.15. The highest BCUT2D eigenvalue weighted by Gasteiger charge is 2.02. The maximum absolute atomic E-state index is 13.0. The van der Waals surface area contributed by atoms with E-state index in [0.717, 1.165) is 0 Å². The summed E-state index contributed by atoms with van der Waals surface area (Å²) in [6.45, 7) is 2.59. The molecule has 1 unspecified atom stereocenters. The number of anilines is 1. The van der Waals surface area contributed by atoms with Crippen molar-refractivity contribution in [2.24, 2.45) is 5.92 Å². The van der Waals surface area contributed by atoms with Gasteiger partial charge in [0.2, 0.25) is 0 Å². The highest BCUT2D eigenvalue weighted by atomic mass is 19.1. The van der Waals surface area contributed by atoms with Gasteiger partial charge >= 0.3 is 0 Å². The Hall–Kier alpha value is -1.09. The minimum absolute atomic E-state index is 0.113. The van der Waals surface area contributed by atoms with Crippen molar-refractivity contribution < 1.29 is 9.50 Å². The molecule has 0 aliphatic carbocycles. The Balaban J connectivity index is 2.50. The predicted molar refractivity (Wildman–Crippen MR) is 51.1 cm³/mol. The third kappa shape index (κ3) is 3.03. The second-order valence-corrected chi connectivity index (χ2v) is 3.15. The molecule has 0 fully saturated rings. The minimum Gasteiger partial charge on any atom is -0.396 e. The number of benzene rings is 1. The van der Waals surface area contributed by atoms with Crippen molar-refractivity contribution in [1.29, 1.82) is 0 Å². The van der Waals surface area contributed by atoms with E-state index in [1.54, 1.807) is 18.2 Å². The molecule has 0 aromatic heterocycles. The maximum Gasteiger partial charge on any atom is 0.146 e. The summed E-state index contributed by atoms with van der Waals surface area (Å²) in [6, 6.07) is 6.51. The summed E-state index contributed by atoms with van der Waals surface area (Å²) in [5.74, 6) is -0.118. The van der Waals surface area contributed by atoms with E-state index >= 15 is 0 Å². The van der Waals surface area contributed by atoms with Gasteiger partial charge in [-0.05, 0) is 18.1 Å². The number of aliphatic hydroxyl groups is 1. The molecule has 0 aliphatic heterocycles. The third-order valence-electron chi connectivity index (χ3n) is 1.83. The monoisotopic (exact) mass is 183 g/mol. The fraction of sp³-hybridized carbons (Fsp3) is 0.400. The van der Waals surface area contributed by atoms with Gasteiger partial charge in [0, 0.05) is 13.2 Å². The van der Waals surface area contributed by atoms with Crippen molar-refractivity contribution >= 4 is 5.69 Å². The summed E-state index contributed by atoms with van der Waals surface area (Å²) in [5, 5.41) is 11.7. The largest absolute Gasteiger partial charge is 0.396 e. The van der Waals surface area contributed by atoms with Gasteiger partial charge in [-0.15, -0.1) is 0 Å². The second kappa shape index (κ2) is 4.82. The lowest BCUT2D eigenvalue weighted by molar-refractivity contribution is 0.244. The summed E-state index contributed by atoms with van der Waals surface area (Å²) in [5.41, 5.74) is 0.489. The van der Waals surface area contributed by atoms with Crippen LogP contribution in [0.25, 0.3) is 0 Å². The number of hydrogen-bond donors (Lipinski definition) is 2. The molecule has 0 saturated heterocycles. The van der Waals surface area contributed by atoms with E-state index < -0.39 is 0 Å². The zero-order valence-electron chi connectivity index (χ0n) is 7.63. The van der Waals surface area contributed by atoms with Crippen LogP contribution in [0.2, 0.25) is 0 Å². The minimum atomic E-state index is -0.257. The van der Waals surface area contributed by atoms with Gasteiger partial charge in [0.15, 0.2) is 0 Å². The quantitative estimate of drug-likeness (QED) is 0.746. The van der Waals surface area contributed by atoms with Crippen LogP contribution in [0.4, 0.5) is 10.1 Å². The highest BCUT2D eigenvalue weighted by Crippen LogP contribution is 2.12. The van der Waals surface area contributed by atoms with E-state index in [1.165, 1.54) is 6.07 Å². The lowest BCUT2D eigenvalue weighted by atomic mass is 10.2. The number of rotatable bonds is 4. The number of halogens is 1. The van der Waals surface area contributed by atoms with Crippen molar-refractivity contribution in [3.63, 3.8) is 0 Å². The van der Waals surface area contributed by atoms with E-state index in [2.05, 4.69) is 5.32 Å². The van der Waals surface area contributed by atoms with Crippen LogP contribution >= 0.6 is 0 Å². The summed E-state index contributed by atoms with van der Waals surface area (Å²) < 4.78 is 13.0. The molecule has 2 nitrogen and oxygen atoms in total. The molecule has 0 radical (unpaired) electrons. The first-order valence-corrected chi connectivity index (χ1v) is 4.33. The third-order valence-corrected chi connectivity index (χ3v) is 1.83. The average molecular weight is 183 g/mol. The topological polar surface area (TPSA) is 32.3 Å². The first kappa shape index (κ1) is 9.99. The van der Waals surface area contributed by atoms with Crippen LogP contribution in [-0.4, -0.2) is 18.3 Å². The van der Waals surface area contributed by atoms with Crippen LogP contribution in [0.15, 0.2) is 24.3 Å². The molecule has 0 heterocycles. The Labute approximate surface area is 77.4 Å². The molecule has 1 atom stereocenters. The maximum atomic E-state index is 13.0. The lowest BCUT2D eigenvalue weighted by Crippen LogP contribution is -2.15. The highest BCUT2D eigenvalue weighted by molar-refractivity contribution is 5.44. The van der Waals surface area contributed by atoms with E-state index in [-0.39, 0.29) is 18.3 Å². The van der Waals surface area contributed by atoms with Crippen molar-refractivity contribution in [3.8, 4) is 0 Å². The van der Waals surface area contributed by atoms with E-state index in [1.807, 2.05) is 6.92 Å². The summed E-state index contributed by atoms with van der Waals surface area (Å²) >= 11 is 0. The van der Waals surface area contributed by atoms with Gasteiger partial charge in [0.25, 0.3) is 0 Å². The van der Waals surface area contributed by atoms with Crippen LogP contribution in [0, 0.1) is 11.7 Å². The molecule has 0 amide bonds. The van der Waals surface area contributed by atoms with E-state index in [4.69, 9.17) is 5.11 Å². The average Bonchev–Trinajstić information content (AvgIpc) is 2.16. The fourth-order valence-corrected chi connectivity index (χ4v) is 0.953. The predicted octanol–water partition coefficient (Wildman–Crippen LogP) is 1.87. The van der Waals surface area contributed by atoms with Crippen molar-refractivity contribution in [2.75, 3.05) is 18.5 Å². The molecule has 1 rings (SSSR count).